The summed E-state index contributed by atoms with van der Waals surface area (Å²) >= 11 is 0. The van der Waals surface area contributed by atoms with E-state index in [4.69, 9.17) is 4.74 Å². The maximum absolute atomic E-state index is 11.8. The Hall–Kier alpha value is -2.03. The van der Waals surface area contributed by atoms with Crippen LogP contribution in [0.3, 0.4) is 0 Å². The summed E-state index contributed by atoms with van der Waals surface area (Å²) < 4.78 is 6.84. The summed E-state index contributed by atoms with van der Waals surface area (Å²) in [6.07, 6.45) is 3.94. The number of rotatable bonds is 2. The summed E-state index contributed by atoms with van der Waals surface area (Å²) in [5.74, 6) is -0.288. The second kappa shape index (κ2) is 4.69. The number of hydrogen-bond acceptors (Lipinski definition) is 2. The minimum atomic E-state index is -0.288. The van der Waals surface area contributed by atoms with E-state index in [1.807, 2.05) is 49.0 Å². The van der Waals surface area contributed by atoms with Gasteiger partial charge >= 0.3 is 5.97 Å². The molecule has 0 unspecified atom stereocenters. The first-order valence-electron chi connectivity index (χ1n) is 5.88. The van der Waals surface area contributed by atoms with Gasteiger partial charge in [-0.1, -0.05) is 0 Å². The summed E-state index contributed by atoms with van der Waals surface area (Å²) in [6, 6.07) is 5.82. The molecule has 0 atom stereocenters. The summed E-state index contributed by atoms with van der Waals surface area (Å²) in [5.41, 5.74) is 4.93. The fraction of sp³-hybridized carbons (Fsp3) is 0.267. The van der Waals surface area contributed by atoms with Crippen molar-refractivity contribution in [3.8, 4) is 5.69 Å². The van der Waals surface area contributed by atoms with Crippen molar-refractivity contribution in [1.82, 2.24) is 4.57 Å². The standard InChI is InChI=1S/C15H17NO2/c1-10-11(2)13(15(17)18-4)9-14(12(10)3)16-7-5-6-8-16/h5-9H,1-4H3. The van der Waals surface area contributed by atoms with Crippen LogP contribution in [-0.4, -0.2) is 17.6 Å². The zero-order valence-corrected chi connectivity index (χ0v) is 11.2. The molecular formula is C15H17NO2. The first kappa shape index (κ1) is 12.4. The minimum Gasteiger partial charge on any atom is -0.465 e. The Labute approximate surface area is 107 Å². The van der Waals surface area contributed by atoms with Crippen molar-refractivity contribution in [2.75, 3.05) is 7.11 Å². The van der Waals surface area contributed by atoms with E-state index in [1.165, 1.54) is 12.7 Å². The smallest absolute Gasteiger partial charge is 0.338 e. The number of carbonyl (C=O) groups is 1. The van der Waals surface area contributed by atoms with Gasteiger partial charge in [-0.15, -0.1) is 0 Å². The SMILES string of the molecule is COC(=O)c1cc(-n2cccc2)c(C)c(C)c1C. The first-order chi connectivity index (χ1) is 8.56. The summed E-state index contributed by atoms with van der Waals surface area (Å²) in [5, 5.41) is 0. The lowest BCUT2D eigenvalue weighted by atomic mass is 9.97. The fourth-order valence-corrected chi connectivity index (χ4v) is 2.11. The van der Waals surface area contributed by atoms with Crippen molar-refractivity contribution in [3.63, 3.8) is 0 Å². The van der Waals surface area contributed by atoms with E-state index in [1.54, 1.807) is 0 Å². The molecule has 0 saturated carbocycles. The van der Waals surface area contributed by atoms with Crippen molar-refractivity contribution < 1.29 is 9.53 Å². The number of esters is 1. The molecule has 0 saturated heterocycles. The normalized spacial score (nSPS) is 10.4. The third kappa shape index (κ3) is 1.92. The molecule has 1 aromatic carbocycles. The number of aromatic nitrogens is 1. The second-order valence-electron chi connectivity index (χ2n) is 4.40. The lowest BCUT2D eigenvalue weighted by Gasteiger charge is -2.15. The van der Waals surface area contributed by atoms with E-state index >= 15 is 0 Å². The lowest BCUT2D eigenvalue weighted by Crippen LogP contribution is -2.09. The Kier molecular flexibility index (Phi) is 3.24. The number of hydrogen-bond donors (Lipinski definition) is 0. The number of ether oxygens (including phenoxy) is 1. The molecule has 0 amide bonds. The van der Waals surface area contributed by atoms with Crippen molar-refractivity contribution in [2.45, 2.75) is 20.8 Å². The number of benzene rings is 1. The van der Waals surface area contributed by atoms with Gasteiger partial charge in [-0.2, -0.15) is 0 Å². The Bertz CT molecular complexity index is 583. The van der Waals surface area contributed by atoms with Crippen LogP contribution in [0, 0.1) is 20.8 Å². The van der Waals surface area contributed by atoms with Gasteiger partial charge in [0.1, 0.15) is 0 Å². The highest BCUT2D eigenvalue weighted by atomic mass is 16.5. The quantitative estimate of drug-likeness (QED) is 0.758. The second-order valence-corrected chi connectivity index (χ2v) is 4.40. The molecule has 2 rings (SSSR count). The Morgan fingerprint density at radius 3 is 2.22 bits per heavy atom. The van der Waals surface area contributed by atoms with Gasteiger partial charge in [-0.25, -0.2) is 4.79 Å². The van der Waals surface area contributed by atoms with E-state index in [0.29, 0.717) is 5.56 Å². The van der Waals surface area contributed by atoms with Gasteiger partial charge in [-0.3, -0.25) is 0 Å². The summed E-state index contributed by atoms with van der Waals surface area (Å²) in [4.78, 5) is 11.8. The average molecular weight is 243 g/mol. The molecule has 18 heavy (non-hydrogen) atoms. The Morgan fingerprint density at radius 2 is 1.67 bits per heavy atom. The molecule has 0 aliphatic carbocycles. The van der Waals surface area contributed by atoms with E-state index in [9.17, 15) is 4.79 Å². The van der Waals surface area contributed by atoms with Crippen LogP contribution in [0.15, 0.2) is 30.6 Å². The van der Waals surface area contributed by atoms with Crippen LogP contribution in [0.5, 0.6) is 0 Å². The zero-order valence-electron chi connectivity index (χ0n) is 11.2. The molecule has 0 bridgehead atoms. The lowest BCUT2D eigenvalue weighted by molar-refractivity contribution is 0.0600. The topological polar surface area (TPSA) is 31.2 Å². The minimum absolute atomic E-state index is 0.288. The summed E-state index contributed by atoms with van der Waals surface area (Å²) in [6.45, 7) is 6.05. The van der Waals surface area contributed by atoms with Crippen molar-refractivity contribution >= 4 is 5.97 Å². The molecule has 3 nitrogen and oxygen atoms in total. The predicted octanol–water partition coefficient (Wildman–Crippen LogP) is 3.19. The monoisotopic (exact) mass is 243 g/mol. The Morgan fingerprint density at radius 1 is 1.06 bits per heavy atom. The summed E-state index contributed by atoms with van der Waals surface area (Å²) in [7, 11) is 1.41. The maximum Gasteiger partial charge on any atom is 0.338 e. The number of methoxy groups -OCH3 is 1. The maximum atomic E-state index is 11.8. The van der Waals surface area contributed by atoms with Crippen LogP contribution in [0.4, 0.5) is 0 Å². The first-order valence-corrected chi connectivity index (χ1v) is 5.88. The molecule has 2 aromatic rings. The largest absolute Gasteiger partial charge is 0.465 e. The van der Waals surface area contributed by atoms with Crippen molar-refractivity contribution in [1.29, 1.82) is 0 Å². The number of carbonyl (C=O) groups excluding carboxylic acids is 1. The van der Waals surface area contributed by atoms with E-state index in [2.05, 4.69) is 6.92 Å². The van der Waals surface area contributed by atoms with Crippen LogP contribution in [0.25, 0.3) is 5.69 Å². The van der Waals surface area contributed by atoms with Crippen LogP contribution >= 0.6 is 0 Å². The van der Waals surface area contributed by atoms with Crippen molar-refractivity contribution in [2.24, 2.45) is 0 Å². The average Bonchev–Trinajstić information content (AvgIpc) is 2.89. The van der Waals surface area contributed by atoms with Gasteiger partial charge in [0.2, 0.25) is 0 Å². The highest BCUT2D eigenvalue weighted by Gasteiger charge is 2.16. The molecular weight excluding hydrogens is 226 g/mol. The van der Waals surface area contributed by atoms with Crippen molar-refractivity contribution in [3.05, 3.63) is 52.8 Å². The molecule has 3 heteroatoms. The molecule has 1 heterocycles. The number of nitrogens with zero attached hydrogens (tertiary/aromatic N) is 1. The van der Waals surface area contributed by atoms with Gasteiger partial charge in [0, 0.05) is 18.1 Å². The molecule has 1 aromatic heterocycles. The van der Waals surface area contributed by atoms with E-state index in [-0.39, 0.29) is 5.97 Å². The van der Waals surface area contributed by atoms with Gasteiger partial charge in [0.15, 0.2) is 0 Å². The third-order valence-electron chi connectivity index (χ3n) is 3.48. The van der Waals surface area contributed by atoms with Gasteiger partial charge < -0.3 is 9.30 Å². The van der Waals surface area contributed by atoms with Crippen LogP contribution in [0.2, 0.25) is 0 Å². The molecule has 0 aliphatic heterocycles. The van der Waals surface area contributed by atoms with Crippen LogP contribution < -0.4 is 0 Å². The highest BCUT2D eigenvalue weighted by Crippen LogP contribution is 2.25. The van der Waals surface area contributed by atoms with E-state index in [0.717, 1.165) is 16.8 Å². The van der Waals surface area contributed by atoms with Gasteiger partial charge in [0.05, 0.1) is 12.7 Å². The molecule has 0 fully saturated rings. The fourth-order valence-electron chi connectivity index (χ4n) is 2.11. The van der Waals surface area contributed by atoms with Gasteiger partial charge in [-0.05, 0) is 55.7 Å². The molecule has 0 spiro atoms. The van der Waals surface area contributed by atoms with E-state index < -0.39 is 0 Å². The predicted molar refractivity (Wildman–Crippen MR) is 71.3 cm³/mol. The Balaban J connectivity index is 2.69. The van der Waals surface area contributed by atoms with Crippen LogP contribution in [-0.2, 0) is 4.74 Å². The van der Waals surface area contributed by atoms with Gasteiger partial charge in [0.25, 0.3) is 0 Å². The molecule has 94 valence electrons. The molecule has 0 aliphatic rings. The highest BCUT2D eigenvalue weighted by molar-refractivity contribution is 5.92. The third-order valence-corrected chi connectivity index (χ3v) is 3.48. The molecule has 0 radical (unpaired) electrons. The zero-order chi connectivity index (χ0) is 13.3. The van der Waals surface area contributed by atoms with Crippen LogP contribution in [0.1, 0.15) is 27.0 Å². The molecule has 0 N–H and O–H groups in total.